The predicted molar refractivity (Wildman–Crippen MR) is 105 cm³/mol. The first-order valence-electron chi connectivity index (χ1n) is 8.43. The van der Waals surface area contributed by atoms with Crippen molar-refractivity contribution in [3.8, 4) is 0 Å². The van der Waals surface area contributed by atoms with E-state index in [0.717, 1.165) is 5.56 Å². The fourth-order valence-electron chi connectivity index (χ4n) is 2.17. The monoisotopic (exact) mass is 407 g/mol. The number of rotatable bonds is 8. The molecule has 1 atom stereocenters. The molecule has 3 amide bonds. The molecule has 0 aliphatic heterocycles. The molecule has 0 aliphatic rings. The normalized spacial score (nSPS) is 11.5. The number of imide groups is 1. The number of carbonyl (C=O) groups is 3. The lowest BCUT2D eigenvalue weighted by Crippen LogP contribution is -2.41. The number of ether oxygens (including phenoxy) is 1. The minimum atomic E-state index is -0.643. The van der Waals surface area contributed by atoms with Crippen LogP contribution in [0.5, 0.6) is 0 Å². The van der Waals surface area contributed by atoms with Crippen molar-refractivity contribution in [2.45, 2.75) is 29.9 Å². The molecule has 1 aromatic heterocycles. The second-order valence-electron chi connectivity index (χ2n) is 5.34. The molecule has 27 heavy (non-hydrogen) atoms. The van der Waals surface area contributed by atoms with Crippen LogP contribution in [0.2, 0.25) is 0 Å². The zero-order valence-electron chi connectivity index (χ0n) is 15.1. The van der Waals surface area contributed by atoms with Gasteiger partial charge in [0, 0.05) is 11.9 Å². The van der Waals surface area contributed by atoms with Gasteiger partial charge in [-0.15, -0.1) is 11.3 Å². The number of carbonyl (C=O) groups excluding carboxylic acids is 3. The molecule has 0 aliphatic carbocycles. The molecule has 7 nitrogen and oxygen atoms in total. The lowest BCUT2D eigenvalue weighted by molar-refractivity contribution is -0.142. The van der Waals surface area contributed by atoms with Gasteiger partial charge in [0.25, 0.3) is 0 Å². The maximum Gasteiger partial charge on any atom is 0.321 e. The van der Waals surface area contributed by atoms with Gasteiger partial charge in [0.05, 0.1) is 18.7 Å². The first kappa shape index (κ1) is 20.9. The fourth-order valence-corrected chi connectivity index (χ4v) is 4.20. The van der Waals surface area contributed by atoms with Crippen molar-refractivity contribution in [1.29, 1.82) is 0 Å². The molecule has 0 unspecified atom stereocenters. The number of hydrogen-bond donors (Lipinski definition) is 2. The summed E-state index contributed by atoms with van der Waals surface area (Å²) in [5.74, 6) is -0.771. The molecule has 0 fully saturated rings. The summed E-state index contributed by atoms with van der Waals surface area (Å²) in [7, 11) is 0. The van der Waals surface area contributed by atoms with Crippen molar-refractivity contribution in [2.24, 2.45) is 0 Å². The Labute approximate surface area is 165 Å². The van der Waals surface area contributed by atoms with E-state index >= 15 is 0 Å². The Hall–Kier alpha value is -2.39. The van der Waals surface area contributed by atoms with Gasteiger partial charge in [-0.25, -0.2) is 9.78 Å². The minimum absolute atomic E-state index is 0.0893. The van der Waals surface area contributed by atoms with Crippen molar-refractivity contribution < 1.29 is 19.1 Å². The van der Waals surface area contributed by atoms with Crippen molar-refractivity contribution in [3.05, 3.63) is 47.0 Å². The molecule has 0 saturated carbocycles. The van der Waals surface area contributed by atoms with Gasteiger partial charge in [0.15, 0.2) is 4.34 Å². The summed E-state index contributed by atoms with van der Waals surface area (Å²) < 4.78 is 5.55. The molecule has 2 aromatic rings. The van der Waals surface area contributed by atoms with Crippen LogP contribution in [0.3, 0.4) is 0 Å². The van der Waals surface area contributed by atoms with E-state index in [1.807, 2.05) is 30.3 Å². The van der Waals surface area contributed by atoms with Gasteiger partial charge in [-0.05, 0) is 19.4 Å². The number of hydrogen-bond acceptors (Lipinski definition) is 7. The van der Waals surface area contributed by atoms with E-state index < -0.39 is 17.2 Å². The zero-order chi connectivity index (χ0) is 19.6. The van der Waals surface area contributed by atoms with Crippen LogP contribution in [0.25, 0.3) is 0 Å². The van der Waals surface area contributed by atoms with Crippen LogP contribution >= 0.6 is 23.1 Å². The first-order valence-corrected chi connectivity index (χ1v) is 10.2. The third kappa shape index (κ3) is 6.69. The summed E-state index contributed by atoms with van der Waals surface area (Å²) in [6, 6.07) is 8.62. The molecule has 1 aromatic carbocycles. The molecule has 0 bridgehead atoms. The lowest BCUT2D eigenvalue weighted by Gasteiger charge is -2.15. The van der Waals surface area contributed by atoms with Crippen LogP contribution in [0, 0.1) is 0 Å². The minimum Gasteiger partial charge on any atom is -0.466 e. The molecule has 9 heteroatoms. The zero-order valence-corrected chi connectivity index (χ0v) is 16.7. The SMILES string of the molecule is CCNC(=O)NC(=O)[C@H](Sc1nc(CC(=O)OCC)cs1)c1ccccc1. The van der Waals surface area contributed by atoms with Gasteiger partial charge >= 0.3 is 12.0 Å². The van der Waals surface area contributed by atoms with E-state index in [1.165, 1.54) is 23.1 Å². The Morgan fingerprint density at radius 3 is 2.63 bits per heavy atom. The highest BCUT2D eigenvalue weighted by Crippen LogP contribution is 2.37. The molecular formula is C18H21N3O4S2. The van der Waals surface area contributed by atoms with Crippen LogP contribution < -0.4 is 10.6 Å². The number of nitrogens with one attached hydrogen (secondary N) is 2. The smallest absolute Gasteiger partial charge is 0.321 e. The second kappa shape index (κ2) is 10.7. The highest BCUT2D eigenvalue weighted by Gasteiger charge is 2.25. The summed E-state index contributed by atoms with van der Waals surface area (Å²) >= 11 is 2.58. The Bertz CT molecular complexity index is 780. The fraction of sp³-hybridized carbons (Fsp3) is 0.333. The molecule has 0 saturated heterocycles. The Morgan fingerprint density at radius 1 is 1.22 bits per heavy atom. The van der Waals surface area contributed by atoms with E-state index in [0.29, 0.717) is 23.2 Å². The summed E-state index contributed by atoms with van der Waals surface area (Å²) in [5, 5.41) is 6.01. The third-order valence-corrected chi connectivity index (χ3v) is 5.57. The predicted octanol–water partition coefficient (Wildman–Crippen LogP) is 2.93. The van der Waals surface area contributed by atoms with Crippen molar-refractivity contribution in [2.75, 3.05) is 13.2 Å². The van der Waals surface area contributed by atoms with Crippen LogP contribution in [-0.2, 0) is 20.7 Å². The summed E-state index contributed by atoms with van der Waals surface area (Å²) in [6.07, 6.45) is 0.0893. The van der Waals surface area contributed by atoms with E-state index in [1.54, 1.807) is 19.2 Å². The summed E-state index contributed by atoms with van der Waals surface area (Å²) in [4.78, 5) is 40.3. The van der Waals surface area contributed by atoms with Gasteiger partial charge in [-0.3, -0.25) is 14.9 Å². The number of esters is 1. The molecule has 0 radical (unpaired) electrons. The number of benzene rings is 1. The van der Waals surface area contributed by atoms with Gasteiger partial charge < -0.3 is 10.1 Å². The highest BCUT2D eigenvalue weighted by atomic mass is 32.2. The quantitative estimate of drug-likeness (QED) is 0.516. The number of thiazole rings is 1. The number of thioether (sulfide) groups is 1. The largest absolute Gasteiger partial charge is 0.466 e. The summed E-state index contributed by atoms with van der Waals surface area (Å²) in [5.41, 5.74) is 1.35. The van der Waals surface area contributed by atoms with Gasteiger partial charge in [-0.1, -0.05) is 42.1 Å². The second-order valence-corrected chi connectivity index (χ2v) is 7.55. The maximum absolute atomic E-state index is 12.6. The number of urea groups is 1. The van der Waals surface area contributed by atoms with Crippen LogP contribution in [0.15, 0.2) is 40.1 Å². The number of aromatic nitrogens is 1. The average molecular weight is 408 g/mol. The molecular weight excluding hydrogens is 386 g/mol. The molecule has 144 valence electrons. The topological polar surface area (TPSA) is 97.4 Å². The molecule has 2 N–H and O–H groups in total. The highest BCUT2D eigenvalue weighted by molar-refractivity contribution is 8.01. The van der Waals surface area contributed by atoms with Crippen LogP contribution in [-0.4, -0.2) is 36.0 Å². The molecule has 0 spiro atoms. The van der Waals surface area contributed by atoms with Crippen molar-refractivity contribution in [3.63, 3.8) is 0 Å². The lowest BCUT2D eigenvalue weighted by atomic mass is 10.1. The number of nitrogens with zero attached hydrogens (tertiary/aromatic N) is 1. The molecule has 2 rings (SSSR count). The van der Waals surface area contributed by atoms with Gasteiger partial charge in [0.2, 0.25) is 5.91 Å². The van der Waals surface area contributed by atoms with Crippen molar-refractivity contribution in [1.82, 2.24) is 15.6 Å². The van der Waals surface area contributed by atoms with E-state index in [9.17, 15) is 14.4 Å². The Kier molecular flexibility index (Phi) is 8.28. The molecule has 1 heterocycles. The van der Waals surface area contributed by atoms with Gasteiger partial charge in [-0.2, -0.15) is 0 Å². The number of amides is 3. The third-order valence-electron chi connectivity index (χ3n) is 3.29. The first-order chi connectivity index (χ1) is 13.0. The van der Waals surface area contributed by atoms with Crippen LogP contribution in [0.1, 0.15) is 30.4 Å². The van der Waals surface area contributed by atoms with E-state index in [4.69, 9.17) is 4.74 Å². The van der Waals surface area contributed by atoms with Crippen molar-refractivity contribution >= 4 is 41.0 Å². The van der Waals surface area contributed by atoms with E-state index in [-0.39, 0.29) is 12.4 Å². The maximum atomic E-state index is 12.6. The Balaban J connectivity index is 2.13. The van der Waals surface area contributed by atoms with Crippen LogP contribution in [0.4, 0.5) is 4.79 Å². The average Bonchev–Trinajstić information content (AvgIpc) is 3.07. The summed E-state index contributed by atoms with van der Waals surface area (Å²) in [6.45, 7) is 4.26. The van der Waals surface area contributed by atoms with E-state index in [2.05, 4.69) is 15.6 Å². The van der Waals surface area contributed by atoms with Gasteiger partial charge in [0.1, 0.15) is 5.25 Å². The standard InChI is InChI=1S/C18H21N3O4S2/c1-3-19-17(24)21-16(23)15(12-8-6-5-7-9-12)27-18-20-13(11-26-18)10-14(22)25-4-2/h5-9,11,15H,3-4,10H2,1-2H3,(H2,19,21,23,24)/t15-/m1/s1. The Morgan fingerprint density at radius 2 is 1.96 bits per heavy atom.